The molecule has 78 valence electrons. The summed E-state index contributed by atoms with van der Waals surface area (Å²) < 4.78 is 0. The number of aromatic amines is 1. The molecule has 0 saturated carbocycles. The van der Waals surface area contributed by atoms with Crippen molar-refractivity contribution in [2.24, 2.45) is 0 Å². The van der Waals surface area contributed by atoms with Gasteiger partial charge in [0.15, 0.2) is 0 Å². The summed E-state index contributed by atoms with van der Waals surface area (Å²) in [5.74, 6) is 1.51. The van der Waals surface area contributed by atoms with E-state index in [1.54, 1.807) is 18.7 Å². The maximum absolute atomic E-state index is 11.5. The number of hydrogen-bond acceptors (Lipinski definition) is 4. The van der Waals surface area contributed by atoms with Crippen molar-refractivity contribution in [1.82, 2.24) is 20.5 Å². The number of amides is 1. The van der Waals surface area contributed by atoms with Crippen LogP contribution in [0.3, 0.4) is 0 Å². The zero-order chi connectivity index (χ0) is 10.6. The monoisotopic (exact) mass is 214 g/mol. The van der Waals surface area contributed by atoms with Gasteiger partial charge in [0.25, 0.3) is 5.91 Å². The molecular weight excluding hydrogens is 200 g/mol. The summed E-state index contributed by atoms with van der Waals surface area (Å²) in [6.45, 7) is 3.71. The average molecular weight is 214 g/mol. The van der Waals surface area contributed by atoms with Gasteiger partial charge in [-0.1, -0.05) is 0 Å². The number of nitrogens with zero attached hydrogens (tertiary/aromatic N) is 2. The van der Waals surface area contributed by atoms with Crippen LogP contribution in [0.5, 0.6) is 0 Å². The van der Waals surface area contributed by atoms with E-state index >= 15 is 0 Å². The van der Waals surface area contributed by atoms with Crippen molar-refractivity contribution in [3.63, 3.8) is 0 Å². The third-order valence-electron chi connectivity index (χ3n) is 1.59. The molecule has 0 aliphatic rings. The van der Waals surface area contributed by atoms with E-state index in [2.05, 4.69) is 20.5 Å². The van der Waals surface area contributed by atoms with Crippen molar-refractivity contribution in [2.75, 3.05) is 12.0 Å². The molecule has 0 aliphatic carbocycles. The van der Waals surface area contributed by atoms with E-state index in [9.17, 15) is 4.79 Å². The molecular formula is C8H14N4OS. The lowest BCUT2D eigenvalue weighted by Gasteiger charge is -2.09. The molecule has 0 radical (unpaired) electrons. The van der Waals surface area contributed by atoms with Gasteiger partial charge < -0.3 is 5.32 Å². The lowest BCUT2D eigenvalue weighted by molar-refractivity contribution is 0.0933. The van der Waals surface area contributed by atoms with Crippen molar-refractivity contribution in [3.05, 3.63) is 11.6 Å². The van der Waals surface area contributed by atoms with E-state index in [4.69, 9.17) is 0 Å². The number of aryl methyl sites for hydroxylation is 1. The fourth-order valence-corrected chi connectivity index (χ4v) is 1.61. The van der Waals surface area contributed by atoms with Crippen LogP contribution in [-0.2, 0) is 0 Å². The van der Waals surface area contributed by atoms with Gasteiger partial charge in [-0.2, -0.15) is 11.8 Å². The fourth-order valence-electron chi connectivity index (χ4n) is 1.02. The van der Waals surface area contributed by atoms with Gasteiger partial charge in [-0.25, -0.2) is 4.98 Å². The van der Waals surface area contributed by atoms with Crippen LogP contribution in [0, 0.1) is 6.92 Å². The zero-order valence-corrected chi connectivity index (χ0v) is 9.31. The van der Waals surface area contributed by atoms with Gasteiger partial charge in [0, 0.05) is 11.8 Å². The summed E-state index contributed by atoms with van der Waals surface area (Å²) in [7, 11) is 0. The molecule has 0 fully saturated rings. The third kappa shape index (κ3) is 3.02. The Balaban J connectivity index is 2.50. The third-order valence-corrected chi connectivity index (χ3v) is 2.43. The minimum atomic E-state index is -0.226. The van der Waals surface area contributed by atoms with Crippen molar-refractivity contribution in [1.29, 1.82) is 0 Å². The summed E-state index contributed by atoms with van der Waals surface area (Å²) in [5.41, 5.74) is 0. The second-order valence-corrected chi connectivity index (χ2v) is 3.98. The van der Waals surface area contributed by atoms with Gasteiger partial charge in [0.2, 0.25) is 5.82 Å². The van der Waals surface area contributed by atoms with Crippen LogP contribution >= 0.6 is 11.8 Å². The van der Waals surface area contributed by atoms with Crippen LogP contribution in [-0.4, -0.2) is 39.1 Å². The first-order valence-corrected chi connectivity index (χ1v) is 5.71. The molecule has 6 heteroatoms. The van der Waals surface area contributed by atoms with Gasteiger partial charge in [0.05, 0.1) is 0 Å². The molecule has 0 aromatic carbocycles. The van der Waals surface area contributed by atoms with Gasteiger partial charge in [-0.05, 0) is 20.1 Å². The SMILES string of the molecule is CSCC(C)NC(=O)c1n[nH]c(C)n1. The summed E-state index contributed by atoms with van der Waals surface area (Å²) >= 11 is 1.69. The number of hydrogen-bond donors (Lipinski definition) is 2. The summed E-state index contributed by atoms with van der Waals surface area (Å²) in [6, 6.07) is 0.135. The van der Waals surface area contributed by atoms with Gasteiger partial charge >= 0.3 is 0 Å². The van der Waals surface area contributed by atoms with E-state index < -0.39 is 0 Å². The van der Waals surface area contributed by atoms with Crippen molar-refractivity contribution < 1.29 is 4.79 Å². The Labute approximate surface area is 87.1 Å². The smallest absolute Gasteiger partial charge is 0.291 e. The number of thioether (sulfide) groups is 1. The molecule has 1 aromatic heterocycles. The molecule has 1 rings (SSSR count). The molecule has 1 aromatic rings. The highest BCUT2D eigenvalue weighted by Gasteiger charge is 2.13. The Morgan fingerprint density at radius 3 is 2.93 bits per heavy atom. The maximum Gasteiger partial charge on any atom is 0.291 e. The van der Waals surface area contributed by atoms with E-state index in [1.807, 2.05) is 13.2 Å². The molecule has 5 nitrogen and oxygen atoms in total. The number of aromatic nitrogens is 3. The Bertz CT molecular complexity index is 312. The zero-order valence-electron chi connectivity index (χ0n) is 8.50. The van der Waals surface area contributed by atoms with E-state index in [0.29, 0.717) is 5.82 Å². The number of carbonyl (C=O) groups excluding carboxylic acids is 1. The van der Waals surface area contributed by atoms with Crippen LogP contribution < -0.4 is 5.32 Å². The van der Waals surface area contributed by atoms with Crippen LogP contribution in [0.2, 0.25) is 0 Å². The topological polar surface area (TPSA) is 70.7 Å². The van der Waals surface area contributed by atoms with Gasteiger partial charge in [-0.15, -0.1) is 5.10 Å². The van der Waals surface area contributed by atoms with Crippen LogP contribution in [0.1, 0.15) is 23.4 Å². The van der Waals surface area contributed by atoms with E-state index in [-0.39, 0.29) is 17.8 Å². The van der Waals surface area contributed by atoms with Crippen molar-refractivity contribution in [2.45, 2.75) is 19.9 Å². The molecule has 0 spiro atoms. The fraction of sp³-hybridized carbons (Fsp3) is 0.625. The van der Waals surface area contributed by atoms with E-state index in [1.165, 1.54) is 0 Å². The van der Waals surface area contributed by atoms with Crippen LogP contribution in [0.25, 0.3) is 0 Å². The molecule has 14 heavy (non-hydrogen) atoms. The molecule has 2 N–H and O–H groups in total. The largest absolute Gasteiger partial charge is 0.346 e. The van der Waals surface area contributed by atoms with Crippen LogP contribution in [0.4, 0.5) is 0 Å². The molecule has 0 bridgehead atoms. The van der Waals surface area contributed by atoms with Crippen LogP contribution in [0.15, 0.2) is 0 Å². The summed E-state index contributed by atoms with van der Waals surface area (Å²) in [4.78, 5) is 15.4. The quantitative estimate of drug-likeness (QED) is 0.769. The minimum absolute atomic E-state index is 0.135. The standard InChI is InChI=1S/C8H14N4OS/c1-5(4-14-3)9-8(13)7-10-6(2)11-12-7/h5H,4H2,1-3H3,(H,9,13)(H,10,11,12). The first-order chi connectivity index (χ1) is 6.63. The molecule has 0 aliphatic heterocycles. The van der Waals surface area contributed by atoms with Crippen molar-refractivity contribution >= 4 is 17.7 Å². The molecule has 1 unspecified atom stereocenters. The highest BCUT2D eigenvalue weighted by atomic mass is 32.2. The highest BCUT2D eigenvalue weighted by molar-refractivity contribution is 7.98. The maximum atomic E-state index is 11.5. The number of H-pyrrole nitrogens is 1. The minimum Gasteiger partial charge on any atom is -0.346 e. The summed E-state index contributed by atoms with van der Waals surface area (Å²) in [5, 5.41) is 9.21. The molecule has 1 heterocycles. The second-order valence-electron chi connectivity index (χ2n) is 3.07. The van der Waals surface area contributed by atoms with Gasteiger partial charge in [-0.3, -0.25) is 9.89 Å². The molecule has 1 atom stereocenters. The molecule has 0 saturated heterocycles. The first-order valence-electron chi connectivity index (χ1n) is 4.32. The number of carbonyl (C=O) groups is 1. The number of rotatable bonds is 4. The van der Waals surface area contributed by atoms with Crippen molar-refractivity contribution in [3.8, 4) is 0 Å². The Morgan fingerprint density at radius 2 is 2.43 bits per heavy atom. The second kappa shape index (κ2) is 4.99. The summed E-state index contributed by atoms with van der Waals surface area (Å²) in [6.07, 6.45) is 2.00. The lowest BCUT2D eigenvalue weighted by atomic mass is 10.4. The first kappa shape index (κ1) is 11.0. The Kier molecular flexibility index (Phi) is 3.94. The normalized spacial score (nSPS) is 12.5. The van der Waals surface area contributed by atoms with Gasteiger partial charge in [0.1, 0.15) is 5.82 Å². The number of nitrogens with one attached hydrogen (secondary N) is 2. The highest BCUT2D eigenvalue weighted by Crippen LogP contribution is 1.97. The lowest BCUT2D eigenvalue weighted by Crippen LogP contribution is -2.34. The Hall–Kier alpha value is -1.04. The van der Waals surface area contributed by atoms with E-state index in [0.717, 1.165) is 5.75 Å². The molecule has 1 amide bonds. The Morgan fingerprint density at radius 1 is 1.71 bits per heavy atom. The predicted molar refractivity (Wildman–Crippen MR) is 56.4 cm³/mol. The average Bonchev–Trinajstić information content (AvgIpc) is 2.52. The predicted octanol–water partition coefficient (Wildman–Crippen LogP) is 0.594.